The number of hydrogen-bond acceptors (Lipinski definition) is 7. The highest BCUT2D eigenvalue weighted by atomic mass is 35.5. The highest BCUT2D eigenvalue weighted by Gasteiger charge is 2.25. The molecular weight excluding hydrogens is 356 g/mol. The number of nitrogens with one attached hydrogen (secondary N) is 2. The number of halogens is 1. The molecule has 0 aromatic carbocycles. The first-order valence-corrected chi connectivity index (χ1v) is 8.17. The van der Waals surface area contributed by atoms with Crippen LogP contribution >= 0.6 is 11.6 Å². The first-order valence-electron chi connectivity index (χ1n) is 7.80. The minimum Gasteiger partial charge on any atom is -0.444 e. The maximum Gasteiger partial charge on any atom is 0.272 e. The van der Waals surface area contributed by atoms with Gasteiger partial charge in [-0.2, -0.15) is 0 Å². The predicted molar refractivity (Wildman–Crippen MR) is 96.8 cm³/mol. The number of aromatic nitrogens is 4. The lowest BCUT2D eigenvalue weighted by Gasteiger charge is -2.26. The van der Waals surface area contributed by atoms with Gasteiger partial charge in [-0.05, 0) is 26.0 Å². The summed E-state index contributed by atoms with van der Waals surface area (Å²) >= 11 is 6.22. The molecule has 0 fully saturated rings. The minimum absolute atomic E-state index is 0.190. The van der Waals surface area contributed by atoms with Crippen LogP contribution in [0.25, 0.3) is 11.5 Å². The van der Waals surface area contributed by atoms with Gasteiger partial charge in [0.05, 0.1) is 21.8 Å². The SMILES string of the molecule is CNC(=O)c1coc(-c2cnc(NC(C)(C)c3ncccc3Cl)nc2)n1. The van der Waals surface area contributed by atoms with Gasteiger partial charge in [0, 0.05) is 25.6 Å². The molecule has 0 bridgehead atoms. The van der Waals surface area contributed by atoms with E-state index >= 15 is 0 Å². The molecule has 3 rings (SSSR count). The number of oxazole rings is 1. The van der Waals surface area contributed by atoms with Crippen LogP contribution in [0, 0.1) is 0 Å². The summed E-state index contributed by atoms with van der Waals surface area (Å²) in [7, 11) is 1.52. The van der Waals surface area contributed by atoms with Crippen LogP contribution in [0.5, 0.6) is 0 Å². The number of amides is 1. The number of carbonyl (C=O) groups excluding carboxylic acids is 1. The molecule has 3 aromatic heterocycles. The van der Waals surface area contributed by atoms with E-state index < -0.39 is 5.54 Å². The minimum atomic E-state index is -0.574. The van der Waals surface area contributed by atoms with Crippen molar-refractivity contribution in [2.24, 2.45) is 0 Å². The molecule has 3 heterocycles. The van der Waals surface area contributed by atoms with Crippen LogP contribution in [0.15, 0.2) is 41.4 Å². The lowest BCUT2D eigenvalue weighted by molar-refractivity contribution is 0.0958. The number of hydrogen-bond donors (Lipinski definition) is 2. The Hall–Kier alpha value is -3.00. The fraction of sp³-hybridized carbons (Fsp3) is 0.235. The average Bonchev–Trinajstić information content (AvgIpc) is 3.11. The van der Waals surface area contributed by atoms with Gasteiger partial charge >= 0.3 is 0 Å². The molecule has 0 aliphatic heterocycles. The maximum atomic E-state index is 11.5. The fourth-order valence-electron chi connectivity index (χ4n) is 2.33. The van der Waals surface area contributed by atoms with Crippen LogP contribution in [0.2, 0.25) is 5.02 Å². The van der Waals surface area contributed by atoms with Crippen molar-refractivity contribution >= 4 is 23.5 Å². The summed E-state index contributed by atoms with van der Waals surface area (Å²) in [6, 6.07) is 3.56. The van der Waals surface area contributed by atoms with Crippen molar-refractivity contribution in [2.45, 2.75) is 19.4 Å². The highest BCUT2D eigenvalue weighted by molar-refractivity contribution is 6.31. The third-order valence-corrected chi connectivity index (χ3v) is 3.94. The maximum absolute atomic E-state index is 11.5. The summed E-state index contributed by atoms with van der Waals surface area (Å²) in [5.74, 6) is 0.342. The van der Waals surface area contributed by atoms with Gasteiger partial charge in [-0.3, -0.25) is 9.78 Å². The Labute approximate surface area is 155 Å². The summed E-state index contributed by atoms with van der Waals surface area (Å²) < 4.78 is 5.30. The lowest BCUT2D eigenvalue weighted by atomic mass is 10.00. The number of pyridine rings is 1. The Morgan fingerprint density at radius 1 is 1.23 bits per heavy atom. The Morgan fingerprint density at radius 2 is 1.96 bits per heavy atom. The smallest absolute Gasteiger partial charge is 0.272 e. The first-order chi connectivity index (χ1) is 12.4. The van der Waals surface area contributed by atoms with Crippen LogP contribution in [0.3, 0.4) is 0 Å². The molecule has 0 radical (unpaired) electrons. The summed E-state index contributed by atoms with van der Waals surface area (Å²) in [5.41, 5.74) is 0.863. The molecule has 0 saturated carbocycles. The monoisotopic (exact) mass is 372 g/mol. The molecule has 0 atom stereocenters. The summed E-state index contributed by atoms with van der Waals surface area (Å²) in [6.45, 7) is 3.87. The van der Waals surface area contributed by atoms with E-state index in [1.54, 1.807) is 30.7 Å². The Kier molecular flexibility index (Phi) is 4.85. The van der Waals surface area contributed by atoms with Crippen molar-refractivity contribution in [1.82, 2.24) is 25.3 Å². The summed E-state index contributed by atoms with van der Waals surface area (Å²) in [6.07, 6.45) is 6.09. The molecule has 9 heteroatoms. The zero-order valence-corrected chi connectivity index (χ0v) is 15.2. The van der Waals surface area contributed by atoms with Crippen LogP contribution in [-0.2, 0) is 5.54 Å². The normalized spacial score (nSPS) is 11.2. The van der Waals surface area contributed by atoms with Crippen molar-refractivity contribution < 1.29 is 9.21 Å². The van der Waals surface area contributed by atoms with Crippen molar-refractivity contribution in [3.63, 3.8) is 0 Å². The van der Waals surface area contributed by atoms with Gasteiger partial charge in [0.2, 0.25) is 11.8 Å². The Morgan fingerprint density at radius 3 is 2.62 bits per heavy atom. The predicted octanol–water partition coefficient (Wildman–Crippen LogP) is 2.89. The van der Waals surface area contributed by atoms with Crippen LogP contribution < -0.4 is 10.6 Å². The standard InChI is InChI=1S/C17H17ClN6O2/c1-17(2,13-11(18)5-4-6-20-13)24-16-21-7-10(8-22-16)15-23-12(9-26-15)14(25)19-3/h4-9H,1-3H3,(H,19,25)(H,21,22,24). The molecule has 26 heavy (non-hydrogen) atoms. The fourth-order valence-corrected chi connectivity index (χ4v) is 2.68. The zero-order chi connectivity index (χ0) is 18.7. The van der Waals surface area contributed by atoms with Gasteiger partial charge in [0.1, 0.15) is 6.26 Å². The van der Waals surface area contributed by atoms with Gasteiger partial charge in [0.25, 0.3) is 5.91 Å². The van der Waals surface area contributed by atoms with Crippen LogP contribution in [0.1, 0.15) is 30.0 Å². The molecular formula is C17H17ClN6O2. The van der Waals surface area contributed by atoms with Gasteiger partial charge in [0.15, 0.2) is 5.69 Å². The second-order valence-electron chi connectivity index (χ2n) is 6.00. The van der Waals surface area contributed by atoms with Gasteiger partial charge < -0.3 is 15.1 Å². The van der Waals surface area contributed by atoms with E-state index in [0.29, 0.717) is 22.2 Å². The van der Waals surface area contributed by atoms with Crippen molar-refractivity contribution in [2.75, 3.05) is 12.4 Å². The van der Waals surface area contributed by atoms with Crippen molar-refractivity contribution in [1.29, 1.82) is 0 Å². The molecule has 0 aliphatic carbocycles. The van der Waals surface area contributed by atoms with Crippen molar-refractivity contribution in [3.05, 3.63) is 53.4 Å². The molecule has 8 nitrogen and oxygen atoms in total. The lowest BCUT2D eigenvalue weighted by Crippen LogP contribution is -2.30. The van der Waals surface area contributed by atoms with Crippen LogP contribution in [-0.4, -0.2) is 32.9 Å². The first kappa shape index (κ1) is 17.8. The Balaban J connectivity index is 1.78. The van der Waals surface area contributed by atoms with Crippen molar-refractivity contribution in [3.8, 4) is 11.5 Å². The second-order valence-corrected chi connectivity index (χ2v) is 6.40. The zero-order valence-electron chi connectivity index (χ0n) is 14.4. The molecule has 1 amide bonds. The number of carbonyl (C=O) groups is 1. The van der Waals surface area contributed by atoms with Gasteiger partial charge in [-0.25, -0.2) is 15.0 Å². The van der Waals surface area contributed by atoms with E-state index in [1.165, 1.54) is 13.3 Å². The topological polar surface area (TPSA) is 106 Å². The van der Waals surface area contributed by atoms with Gasteiger partial charge in [-0.15, -0.1) is 0 Å². The molecule has 2 N–H and O–H groups in total. The van der Waals surface area contributed by atoms with E-state index in [4.69, 9.17) is 16.0 Å². The quantitative estimate of drug-likeness (QED) is 0.709. The van der Waals surface area contributed by atoms with Gasteiger partial charge in [-0.1, -0.05) is 11.6 Å². The van der Waals surface area contributed by atoms with E-state index in [2.05, 4.69) is 30.6 Å². The average molecular weight is 373 g/mol. The van der Waals surface area contributed by atoms with E-state index in [9.17, 15) is 4.79 Å². The molecule has 134 valence electrons. The Bertz CT molecular complexity index is 923. The molecule has 0 aliphatic rings. The van der Waals surface area contributed by atoms with Crippen LogP contribution in [0.4, 0.5) is 5.95 Å². The summed E-state index contributed by atoms with van der Waals surface area (Å²) in [4.78, 5) is 28.5. The molecule has 0 unspecified atom stereocenters. The molecule has 0 spiro atoms. The van der Waals surface area contributed by atoms with E-state index in [0.717, 1.165) is 0 Å². The summed E-state index contributed by atoms with van der Waals surface area (Å²) in [5, 5.41) is 6.24. The second kappa shape index (κ2) is 7.09. The molecule has 3 aromatic rings. The number of nitrogens with zero attached hydrogens (tertiary/aromatic N) is 4. The number of anilines is 1. The van der Waals surface area contributed by atoms with E-state index in [1.807, 2.05) is 13.8 Å². The highest BCUT2D eigenvalue weighted by Crippen LogP contribution is 2.28. The van der Waals surface area contributed by atoms with E-state index in [-0.39, 0.29) is 17.5 Å². The third-order valence-electron chi connectivity index (χ3n) is 3.64. The third kappa shape index (κ3) is 3.65. The largest absolute Gasteiger partial charge is 0.444 e. The number of rotatable bonds is 5. The molecule has 0 saturated heterocycles.